The molecule has 1 saturated heterocycles. The van der Waals surface area contributed by atoms with Crippen LogP contribution in [0.1, 0.15) is 32.1 Å². The second-order valence-corrected chi connectivity index (χ2v) is 3.71. The van der Waals surface area contributed by atoms with E-state index in [0.29, 0.717) is 6.61 Å². The molecule has 68 valence electrons. The lowest BCUT2D eigenvalue weighted by atomic mass is 9.81. The highest BCUT2D eigenvalue weighted by molar-refractivity contribution is 5.81. The molecule has 0 atom stereocenters. The molecule has 0 bridgehead atoms. The molecule has 2 fully saturated rings. The van der Waals surface area contributed by atoms with Crippen molar-refractivity contribution in [2.45, 2.75) is 37.6 Å². The fourth-order valence-electron chi connectivity index (χ4n) is 2.18. The van der Waals surface area contributed by atoms with Crippen LogP contribution in [-0.4, -0.2) is 24.7 Å². The minimum Gasteiger partial charge on any atom is -0.463 e. The maximum Gasteiger partial charge on any atom is 0.326 e. The molecule has 1 aliphatic carbocycles. The van der Waals surface area contributed by atoms with Crippen LogP contribution in [0.2, 0.25) is 0 Å². The molecule has 0 amide bonds. The Morgan fingerprint density at radius 2 is 2.00 bits per heavy atom. The monoisotopic (exact) mass is 169 g/mol. The van der Waals surface area contributed by atoms with Crippen LogP contribution in [0.4, 0.5) is 0 Å². The maximum atomic E-state index is 11.5. The molecule has 1 aliphatic heterocycles. The standard InChI is InChI=1S/C9H15NO2/c11-8-9(10-6-7-12-8)4-2-1-3-5-9/h10H,1-7H2. The normalized spacial score (nSPS) is 28.5. The first kappa shape index (κ1) is 8.05. The Morgan fingerprint density at radius 3 is 2.67 bits per heavy atom. The van der Waals surface area contributed by atoms with Gasteiger partial charge in [-0.1, -0.05) is 19.3 Å². The van der Waals surface area contributed by atoms with Crippen molar-refractivity contribution in [3.8, 4) is 0 Å². The first-order chi connectivity index (χ1) is 5.83. The topological polar surface area (TPSA) is 38.3 Å². The quantitative estimate of drug-likeness (QED) is 0.546. The van der Waals surface area contributed by atoms with Crippen molar-refractivity contribution in [1.29, 1.82) is 0 Å². The Kier molecular flexibility index (Phi) is 2.05. The Labute approximate surface area is 72.5 Å². The summed E-state index contributed by atoms with van der Waals surface area (Å²) in [5.74, 6) is -0.0200. The molecule has 1 saturated carbocycles. The summed E-state index contributed by atoms with van der Waals surface area (Å²) in [6.07, 6.45) is 5.50. The van der Waals surface area contributed by atoms with Gasteiger partial charge in [0, 0.05) is 6.54 Å². The Balaban J connectivity index is 2.09. The van der Waals surface area contributed by atoms with Gasteiger partial charge < -0.3 is 4.74 Å². The van der Waals surface area contributed by atoms with Crippen LogP contribution in [-0.2, 0) is 9.53 Å². The highest BCUT2D eigenvalue weighted by Gasteiger charge is 2.42. The number of rotatable bonds is 0. The molecule has 0 aromatic carbocycles. The molecule has 1 spiro atoms. The van der Waals surface area contributed by atoms with E-state index in [4.69, 9.17) is 4.74 Å². The van der Waals surface area contributed by atoms with Gasteiger partial charge in [0.25, 0.3) is 0 Å². The zero-order chi connectivity index (χ0) is 8.44. The Bertz CT molecular complexity index is 177. The highest BCUT2D eigenvalue weighted by atomic mass is 16.5. The van der Waals surface area contributed by atoms with Crippen LogP contribution in [0.3, 0.4) is 0 Å². The van der Waals surface area contributed by atoms with Gasteiger partial charge in [0.1, 0.15) is 12.1 Å². The summed E-state index contributed by atoms with van der Waals surface area (Å²) in [7, 11) is 0. The first-order valence-corrected chi connectivity index (χ1v) is 4.76. The maximum absolute atomic E-state index is 11.5. The van der Waals surface area contributed by atoms with Crippen molar-refractivity contribution in [3.05, 3.63) is 0 Å². The first-order valence-electron chi connectivity index (χ1n) is 4.76. The minimum atomic E-state index is -0.295. The number of ether oxygens (including phenoxy) is 1. The smallest absolute Gasteiger partial charge is 0.326 e. The predicted molar refractivity (Wildman–Crippen MR) is 44.8 cm³/mol. The molecule has 12 heavy (non-hydrogen) atoms. The number of cyclic esters (lactones) is 1. The Hall–Kier alpha value is -0.570. The van der Waals surface area contributed by atoms with E-state index in [1.165, 1.54) is 6.42 Å². The largest absolute Gasteiger partial charge is 0.463 e. The average Bonchev–Trinajstić information content (AvgIpc) is 2.12. The third-order valence-electron chi connectivity index (χ3n) is 2.90. The van der Waals surface area contributed by atoms with E-state index in [-0.39, 0.29) is 11.5 Å². The molecular weight excluding hydrogens is 154 g/mol. The summed E-state index contributed by atoms with van der Waals surface area (Å²) in [6.45, 7) is 1.37. The molecule has 3 nitrogen and oxygen atoms in total. The molecule has 0 unspecified atom stereocenters. The lowest BCUT2D eigenvalue weighted by Crippen LogP contribution is -2.58. The molecule has 0 radical (unpaired) electrons. The van der Waals surface area contributed by atoms with Gasteiger partial charge in [0.15, 0.2) is 0 Å². The van der Waals surface area contributed by atoms with Gasteiger partial charge in [-0.3, -0.25) is 10.1 Å². The summed E-state index contributed by atoms with van der Waals surface area (Å²) in [6, 6.07) is 0. The van der Waals surface area contributed by atoms with Crippen molar-refractivity contribution in [1.82, 2.24) is 5.32 Å². The Morgan fingerprint density at radius 1 is 1.25 bits per heavy atom. The van der Waals surface area contributed by atoms with Crippen LogP contribution in [0, 0.1) is 0 Å². The third kappa shape index (κ3) is 1.22. The van der Waals surface area contributed by atoms with Crippen LogP contribution in [0.25, 0.3) is 0 Å². The lowest BCUT2D eigenvalue weighted by Gasteiger charge is -2.38. The second-order valence-electron chi connectivity index (χ2n) is 3.71. The number of morpholine rings is 1. The van der Waals surface area contributed by atoms with E-state index in [1.54, 1.807) is 0 Å². The number of carbonyl (C=O) groups excluding carboxylic acids is 1. The number of hydrogen-bond donors (Lipinski definition) is 1. The summed E-state index contributed by atoms with van der Waals surface area (Å²) < 4.78 is 5.07. The van der Waals surface area contributed by atoms with E-state index in [9.17, 15) is 4.79 Å². The minimum absolute atomic E-state index is 0.0200. The van der Waals surface area contributed by atoms with E-state index in [0.717, 1.165) is 32.2 Å². The van der Waals surface area contributed by atoms with E-state index in [1.807, 2.05) is 0 Å². The lowest BCUT2D eigenvalue weighted by molar-refractivity contribution is -0.158. The molecular formula is C9H15NO2. The van der Waals surface area contributed by atoms with E-state index >= 15 is 0 Å². The molecule has 2 rings (SSSR count). The van der Waals surface area contributed by atoms with Gasteiger partial charge in [0.05, 0.1) is 0 Å². The van der Waals surface area contributed by atoms with Gasteiger partial charge in [-0.2, -0.15) is 0 Å². The third-order valence-corrected chi connectivity index (χ3v) is 2.90. The van der Waals surface area contributed by atoms with Crippen molar-refractivity contribution in [3.63, 3.8) is 0 Å². The number of carbonyl (C=O) groups is 1. The van der Waals surface area contributed by atoms with Crippen molar-refractivity contribution >= 4 is 5.97 Å². The van der Waals surface area contributed by atoms with Crippen molar-refractivity contribution in [2.24, 2.45) is 0 Å². The number of esters is 1. The molecule has 2 aliphatic rings. The second kappa shape index (κ2) is 3.05. The molecule has 0 aromatic rings. The van der Waals surface area contributed by atoms with Gasteiger partial charge in [-0.25, -0.2) is 0 Å². The van der Waals surface area contributed by atoms with Gasteiger partial charge in [-0.15, -0.1) is 0 Å². The SMILES string of the molecule is O=C1OCCNC12CCCCC2. The number of nitrogens with one attached hydrogen (secondary N) is 1. The van der Waals surface area contributed by atoms with E-state index < -0.39 is 0 Å². The van der Waals surface area contributed by atoms with Crippen molar-refractivity contribution in [2.75, 3.05) is 13.2 Å². The molecule has 1 N–H and O–H groups in total. The predicted octanol–water partition coefficient (Wildman–Crippen LogP) is 0.836. The van der Waals surface area contributed by atoms with Crippen molar-refractivity contribution < 1.29 is 9.53 Å². The molecule has 3 heteroatoms. The molecule has 1 heterocycles. The zero-order valence-corrected chi connectivity index (χ0v) is 7.27. The summed E-state index contributed by atoms with van der Waals surface area (Å²) in [4.78, 5) is 11.5. The highest BCUT2D eigenvalue weighted by Crippen LogP contribution is 2.30. The van der Waals surface area contributed by atoms with E-state index in [2.05, 4.69) is 5.32 Å². The van der Waals surface area contributed by atoms with Crippen LogP contribution >= 0.6 is 0 Å². The summed E-state index contributed by atoms with van der Waals surface area (Å²) in [5, 5.41) is 3.31. The average molecular weight is 169 g/mol. The van der Waals surface area contributed by atoms with Crippen LogP contribution in [0.15, 0.2) is 0 Å². The van der Waals surface area contributed by atoms with Crippen LogP contribution < -0.4 is 5.32 Å². The van der Waals surface area contributed by atoms with Crippen LogP contribution in [0.5, 0.6) is 0 Å². The fraction of sp³-hybridized carbons (Fsp3) is 0.889. The molecule has 0 aromatic heterocycles. The summed E-state index contributed by atoms with van der Waals surface area (Å²) >= 11 is 0. The van der Waals surface area contributed by atoms with Gasteiger partial charge >= 0.3 is 5.97 Å². The zero-order valence-electron chi connectivity index (χ0n) is 7.27. The van der Waals surface area contributed by atoms with Gasteiger partial charge in [0.2, 0.25) is 0 Å². The number of hydrogen-bond acceptors (Lipinski definition) is 3. The fourth-order valence-corrected chi connectivity index (χ4v) is 2.18. The van der Waals surface area contributed by atoms with Gasteiger partial charge in [-0.05, 0) is 12.8 Å². The summed E-state index contributed by atoms with van der Waals surface area (Å²) in [5.41, 5.74) is -0.295.